The number of alkyl halides is 1. The molecular weight excluding hydrogens is 209 g/mol. The molecule has 0 fully saturated rings. The first-order chi connectivity index (χ1) is 3.68. The van der Waals surface area contributed by atoms with Gasteiger partial charge in [-0.15, -0.1) is 0 Å². The fourth-order valence-electron chi connectivity index (χ4n) is 0.0660. The normalized spacial score (nSPS) is 15.9. The van der Waals surface area contributed by atoms with E-state index in [1.165, 1.54) is 0 Å². The van der Waals surface area contributed by atoms with Gasteiger partial charge in [0.25, 0.3) is 0 Å². The molecular formula is C3H7INO2-. The van der Waals surface area contributed by atoms with Crippen LogP contribution in [-0.2, 0) is 4.79 Å². The van der Waals surface area contributed by atoms with Crippen LogP contribution in [0.25, 0.3) is 0 Å². The number of hydrogen-bond acceptors (Lipinski definition) is 2. The van der Waals surface area contributed by atoms with E-state index in [0.717, 1.165) is 0 Å². The van der Waals surface area contributed by atoms with E-state index < -0.39 is 34.4 Å². The molecule has 0 amide bonds. The number of carbonyl (C=O) groups is 1. The molecule has 1 atom stereocenters. The first-order valence-electron chi connectivity index (χ1n) is 2.10. The SMILES string of the molecule is [2H][I-]C[C@H](N)C(=O)O. The van der Waals surface area contributed by atoms with E-state index in [0.29, 0.717) is 4.43 Å². The van der Waals surface area contributed by atoms with Gasteiger partial charge >= 0.3 is 55.1 Å². The Bertz CT molecular complexity index is 89.4. The van der Waals surface area contributed by atoms with E-state index in [4.69, 9.17) is 11.4 Å². The predicted molar refractivity (Wildman–Crippen MR) is 21.9 cm³/mol. The van der Waals surface area contributed by atoms with Crippen molar-refractivity contribution in [1.82, 2.24) is 0 Å². The molecule has 3 nitrogen and oxygen atoms in total. The summed E-state index contributed by atoms with van der Waals surface area (Å²) in [6.07, 6.45) is 0. The molecule has 0 rings (SSSR count). The van der Waals surface area contributed by atoms with Gasteiger partial charge in [-0.25, -0.2) is 0 Å². The maximum atomic E-state index is 9.90. The Morgan fingerprint density at radius 1 is 2.29 bits per heavy atom. The monoisotopic (exact) mass is 217 g/mol. The van der Waals surface area contributed by atoms with Crippen LogP contribution in [0.4, 0.5) is 0 Å². The maximum absolute atomic E-state index is 9.90. The Morgan fingerprint density at radius 2 is 2.86 bits per heavy atom. The van der Waals surface area contributed by atoms with Crippen molar-refractivity contribution in [2.75, 3.05) is 4.43 Å². The van der Waals surface area contributed by atoms with Crippen LogP contribution in [0.1, 0.15) is 0 Å². The van der Waals surface area contributed by atoms with E-state index in [-0.39, 0.29) is 0 Å². The van der Waals surface area contributed by atoms with Crippen molar-refractivity contribution < 1.29 is 32.3 Å². The van der Waals surface area contributed by atoms with E-state index in [1.54, 1.807) is 0 Å². The van der Waals surface area contributed by atoms with Crippen molar-refractivity contribution in [2.24, 2.45) is 5.73 Å². The second-order valence-corrected chi connectivity index (χ2v) is 1.98. The fourth-order valence-corrected chi connectivity index (χ4v) is 0.443. The molecule has 0 aromatic heterocycles. The van der Waals surface area contributed by atoms with Gasteiger partial charge in [0.15, 0.2) is 0 Å². The predicted octanol–water partition coefficient (Wildman–Crippen LogP) is -4.32. The first kappa shape index (κ1) is 5.30. The third-order valence-corrected chi connectivity index (χ3v) is 1.43. The van der Waals surface area contributed by atoms with Crippen LogP contribution in [0.2, 0.25) is 0 Å². The van der Waals surface area contributed by atoms with Gasteiger partial charge in [0.05, 0.1) is 0 Å². The minimum atomic E-state index is -1.00. The van der Waals surface area contributed by atoms with Gasteiger partial charge in [-0.3, -0.25) is 0 Å². The minimum absolute atomic E-state index is 0.341. The summed E-state index contributed by atoms with van der Waals surface area (Å²) in [6.45, 7) is 0. The van der Waals surface area contributed by atoms with Crippen molar-refractivity contribution in [3.05, 3.63) is 0 Å². The molecule has 44 valence electrons. The second-order valence-electron chi connectivity index (χ2n) is 1.10. The summed E-state index contributed by atoms with van der Waals surface area (Å²) in [7, 11) is 0. The molecule has 0 aliphatic carbocycles. The van der Waals surface area contributed by atoms with E-state index in [1.807, 2.05) is 0 Å². The van der Waals surface area contributed by atoms with Crippen LogP contribution < -0.4 is 28.1 Å². The van der Waals surface area contributed by atoms with Crippen LogP contribution in [0.5, 0.6) is 0 Å². The van der Waals surface area contributed by atoms with Gasteiger partial charge in [0.1, 0.15) is 0 Å². The zero-order valence-electron chi connectivity index (χ0n) is 4.60. The fraction of sp³-hybridized carbons (Fsp3) is 0.667. The second kappa shape index (κ2) is 3.20. The molecule has 0 unspecified atom stereocenters. The summed E-state index contributed by atoms with van der Waals surface area (Å²) in [6, 6.07) is -0.805. The molecule has 0 saturated heterocycles. The van der Waals surface area contributed by atoms with Gasteiger partial charge < -0.3 is 0 Å². The topological polar surface area (TPSA) is 63.3 Å². The van der Waals surface area contributed by atoms with Crippen molar-refractivity contribution in [3.63, 3.8) is 0 Å². The Labute approximate surface area is 55.5 Å². The van der Waals surface area contributed by atoms with E-state index in [2.05, 4.69) is 0 Å². The molecule has 0 aromatic carbocycles. The molecule has 0 aromatic rings. The van der Waals surface area contributed by atoms with E-state index >= 15 is 0 Å². The van der Waals surface area contributed by atoms with Crippen LogP contribution in [0.3, 0.4) is 0 Å². The Balaban J connectivity index is 3.32. The number of hydrogen-bond donors (Lipinski definition) is 2. The summed E-state index contributed by atoms with van der Waals surface area (Å²) in [4.78, 5) is 9.90. The third kappa shape index (κ3) is 2.81. The zero-order chi connectivity index (χ0) is 6.57. The summed E-state index contributed by atoms with van der Waals surface area (Å²) in [5, 5.41) is 8.12. The number of nitrogens with two attached hydrogens (primary N) is 1. The van der Waals surface area contributed by atoms with Crippen LogP contribution in [0.15, 0.2) is 0 Å². The van der Waals surface area contributed by atoms with Crippen LogP contribution in [0, 0.1) is 0 Å². The first-order valence-corrected chi connectivity index (χ1v) is 3.25. The summed E-state index contributed by atoms with van der Waals surface area (Å²) >= 11 is -0.722. The van der Waals surface area contributed by atoms with Gasteiger partial charge in [-0.05, 0) is 0 Å². The average molecular weight is 217 g/mol. The molecule has 0 saturated carbocycles. The quantitative estimate of drug-likeness (QED) is 0.371. The van der Waals surface area contributed by atoms with Crippen molar-refractivity contribution in [1.29, 1.82) is 0.594 Å². The summed E-state index contributed by atoms with van der Waals surface area (Å²) < 4.78 is 7.03. The van der Waals surface area contributed by atoms with Crippen LogP contribution in [-0.4, -0.2) is 22.1 Å². The van der Waals surface area contributed by atoms with Gasteiger partial charge in [0.2, 0.25) is 0 Å². The third-order valence-electron chi connectivity index (χ3n) is 0.483. The van der Waals surface area contributed by atoms with Gasteiger partial charge in [-0.1, -0.05) is 0 Å². The number of aliphatic carboxylic acids is 1. The van der Waals surface area contributed by atoms with Gasteiger partial charge in [-0.2, -0.15) is 0 Å². The number of carboxylic acid groups (broad SMARTS) is 1. The molecule has 3 N–H and O–H groups in total. The van der Waals surface area contributed by atoms with Crippen molar-refractivity contribution >= 4 is 5.97 Å². The van der Waals surface area contributed by atoms with Crippen molar-refractivity contribution in [2.45, 2.75) is 6.04 Å². The molecule has 0 spiro atoms. The Kier molecular flexibility index (Phi) is 2.42. The molecule has 7 heavy (non-hydrogen) atoms. The molecule has 0 heterocycles. The zero-order valence-corrected chi connectivity index (χ0v) is 5.75. The molecule has 0 radical (unpaired) electrons. The number of rotatable bonds is 3. The standard InChI is InChI=1S/C3H7INO2/c4-1-2(5)3(6)7/h2,4H,1,5H2,(H,6,7)/q-1/t2-/m0/s1/i4D. The van der Waals surface area contributed by atoms with E-state index in [9.17, 15) is 4.79 Å². The molecule has 0 bridgehead atoms. The molecule has 0 aliphatic rings. The summed E-state index contributed by atoms with van der Waals surface area (Å²) in [5.74, 6) is -1.00. The molecule has 0 aliphatic heterocycles. The van der Waals surface area contributed by atoms with Crippen molar-refractivity contribution in [3.8, 4) is 0 Å². The van der Waals surface area contributed by atoms with Gasteiger partial charge in [0, 0.05) is 0 Å². The number of halogens is 1. The summed E-state index contributed by atoms with van der Waals surface area (Å²) in [5.41, 5.74) is 5.03. The van der Waals surface area contributed by atoms with Crippen LogP contribution >= 0.6 is 0 Å². The Morgan fingerprint density at radius 3 is 3.00 bits per heavy atom. The average Bonchev–Trinajstić information content (AvgIpc) is 1.67. The molecule has 4 heteroatoms. The number of carboxylic acids is 1. The Hall–Kier alpha value is 0.160.